The van der Waals surface area contributed by atoms with Gasteiger partial charge in [0.25, 0.3) is 0 Å². The number of carbonyl (C=O) groups is 2. The van der Waals surface area contributed by atoms with Crippen molar-refractivity contribution in [1.29, 1.82) is 0 Å². The van der Waals surface area contributed by atoms with Gasteiger partial charge in [0, 0.05) is 24.1 Å². The molecule has 0 bridgehead atoms. The lowest BCUT2D eigenvalue weighted by Gasteiger charge is -2.15. The predicted molar refractivity (Wildman–Crippen MR) is 102 cm³/mol. The number of nitrogens with zero attached hydrogens (tertiary/aromatic N) is 3. The number of hydrogen-bond acceptors (Lipinski definition) is 6. The second-order valence-electron chi connectivity index (χ2n) is 5.36. The maximum absolute atomic E-state index is 12.1. The summed E-state index contributed by atoms with van der Waals surface area (Å²) >= 11 is 5.74. The van der Waals surface area contributed by atoms with E-state index in [1.807, 2.05) is 0 Å². The monoisotopic (exact) mass is 391 g/mol. The first-order valence-electron chi connectivity index (χ1n) is 7.67. The van der Waals surface area contributed by atoms with E-state index < -0.39 is 12.1 Å². The first-order chi connectivity index (χ1) is 12.8. The van der Waals surface area contributed by atoms with Crippen LogP contribution in [0.3, 0.4) is 0 Å². The van der Waals surface area contributed by atoms with E-state index in [-0.39, 0.29) is 28.9 Å². The average Bonchev–Trinajstić information content (AvgIpc) is 2.61. The van der Waals surface area contributed by atoms with Crippen LogP contribution >= 0.6 is 11.6 Å². The van der Waals surface area contributed by atoms with Crippen LogP contribution in [0, 0.1) is 0 Å². The fraction of sp³-hybridized carbons (Fsp3) is 0.188. The summed E-state index contributed by atoms with van der Waals surface area (Å²) in [5, 5.41) is 5.65. The molecule has 0 aliphatic heterocycles. The third kappa shape index (κ3) is 5.54. The standard InChI is InChI=1S/C16H18ClN7O3/c1-8(9-3-4-12(17)20-6-9)22-15(25)23-13-5-11(18)10(7-21-13)14(19)24-16(26)27-2/h3-8H,1-2H3,(H2,19,24,26)(H4,18,21,22,23,25)/t8-/m1/s1. The number of nitrogens with two attached hydrogens (primary N) is 2. The van der Waals surface area contributed by atoms with Crippen LogP contribution in [0.4, 0.5) is 21.1 Å². The number of ether oxygens (including phenoxy) is 1. The second-order valence-corrected chi connectivity index (χ2v) is 5.75. The van der Waals surface area contributed by atoms with Gasteiger partial charge >= 0.3 is 12.1 Å². The largest absolute Gasteiger partial charge is 0.451 e. The van der Waals surface area contributed by atoms with Crippen molar-refractivity contribution in [2.75, 3.05) is 18.2 Å². The van der Waals surface area contributed by atoms with Crippen LogP contribution in [0.15, 0.2) is 35.6 Å². The number of rotatable bonds is 4. The molecule has 0 radical (unpaired) electrons. The Labute approximate surface area is 160 Å². The topological polar surface area (TPSA) is 158 Å². The number of nitrogens with one attached hydrogen (secondary N) is 2. The molecule has 0 spiro atoms. The predicted octanol–water partition coefficient (Wildman–Crippen LogP) is 2.07. The van der Waals surface area contributed by atoms with Gasteiger partial charge in [0.1, 0.15) is 16.8 Å². The number of pyridine rings is 2. The maximum atomic E-state index is 12.1. The molecule has 0 unspecified atom stereocenters. The highest BCUT2D eigenvalue weighted by Crippen LogP contribution is 2.16. The molecule has 2 aromatic rings. The summed E-state index contributed by atoms with van der Waals surface area (Å²) in [4.78, 5) is 34.7. The number of carbonyl (C=O) groups excluding carboxylic acids is 2. The van der Waals surface area contributed by atoms with E-state index in [4.69, 9.17) is 23.1 Å². The number of urea groups is 1. The zero-order chi connectivity index (χ0) is 20.0. The molecular weight excluding hydrogens is 374 g/mol. The molecule has 10 nitrogen and oxygen atoms in total. The van der Waals surface area contributed by atoms with E-state index in [0.717, 1.165) is 5.56 Å². The number of methoxy groups -OCH3 is 1. The minimum atomic E-state index is -0.862. The Hall–Kier alpha value is -3.40. The molecule has 1 atom stereocenters. The van der Waals surface area contributed by atoms with Crippen molar-refractivity contribution in [3.63, 3.8) is 0 Å². The molecule has 11 heteroatoms. The number of anilines is 2. The number of hydrogen-bond donors (Lipinski definition) is 4. The zero-order valence-corrected chi connectivity index (χ0v) is 15.3. The van der Waals surface area contributed by atoms with Crippen LogP contribution < -0.4 is 22.1 Å². The van der Waals surface area contributed by atoms with Gasteiger partial charge < -0.3 is 21.5 Å². The molecule has 142 valence electrons. The molecule has 27 heavy (non-hydrogen) atoms. The fourth-order valence-corrected chi connectivity index (χ4v) is 2.15. The highest BCUT2D eigenvalue weighted by atomic mass is 35.5. The summed E-state index contributed by atoms with van der Waals surface area (Å²) < 4.78 is 4.39. The summed E-state index contributed by atoms with van der Waals surface area (Å²) in [6.45, 7) is 1.79. The smallest absolute Gasteiger partial charge is 0.435 e. The van der Waals surface area contributed by atoms with Crippen molar-refractivity contribution < 1.29 is 14.3 Å². The van der Waals surface area contributed by atoms with Crippen LogP contribution in [-0.4, -0.2) is 35.0 Å². The molecular formula is C16H18ClN7O3. The number of aromatic nitrogens is 2. The third-order valence-electron chi connectivity index (χ3n) is 3.44. The van der Waals surface area contributed by atoms with E-state index in [9.17, 15) is 9.59 Å². The Balaban J connectivity index is 2.03. The van der Waals surface area contributed by atoms with Gasteiger partial charge in [-0.25, -0.2) is 19.6 Å². The summed E-state index contributed by atoms with van der Waals surface area (Å²) in [6, 6.07) is 3.98. The van der Waals surface area contributed by atoms with E-state index >= 15 is 0 Å². The van der Waals surface area contributed by atoms with E-state index in [1.165, 1.54) is 19.4 Å². The van der Waals surface area contributed by atoms with E-state index in [2.05, 4.69) is 30.3 Å². The molecule has 2 aromatic heterocycles. The minimum Gasteiger partial charge on any atom is -0.451 e. The van der Waals surface area contributed by atoms with Gasteiger partial charge in [-0.05, 0) is 18.6 Å². The summed E-state index contributed by atoms with van der Waals surface area (Å²) in [6.07, 6.45) is 2.00. The highest BCUT2D eigenvalue weighted by Gasteiger charge is 2.13. The first kappa shape index (κ1) is 19.9. The van der Waals surface area contributed by atoms with Crippen molar-refractivity contribution >= 4 is 41.1 Å². The Bertz CT molecular complexity index is 871. The highest BCUT2D eigenvalue weighted by molar-refractivity contribution is 6.29. The molecule has 0 saturated carbocycles. The molecule has 2 heterocycles. The minimum absolute atomic E-state index is 0.147. The second kappa shape index (κ2) is 8.81. The van der Waals surface area contributed by atoms with Gasteiger partial charge in [-0.3, -0.25) is 5.32 Å². The SMILES string of the molecule is COC(=O)/N=C(/N)c1cnc(NC(=O)N[C@H](C)c2ccc(Cl)nc2)cc1N. The Morgan fingerprint density at radius 1 is 1.30 bits per heavy atom. The number of amides is 3. The van der Waals surface area contributed by atoms with E-state index in [0.29, 0.717) is 5.15 Å². The van der Waals surface area contributed by atoms with Crippen LogP contribution in [-0.2, 0) is 4.74 Å². The number of halogens is 1. The summed E-state index contributed by atoms with van der Waals surface area (Å²) in [7, 11) is 1.17. The third-order valence-corrected chi connectivity index (χ3v) is 3.66. The van der Waals surface area contributed by atoms with Crippen LogP contribution in [0.2, 0.25) is 5.15 Å². The quantitative estimate of drug-likeness (QED) is 0.352. The van der Waals surface area contributed by atoms with Gasteiger partial charge in [0.2, 0.25) is 0 Å². The molecule has 0 fully saturated rings. The maximum Gasteiger partial charge on any atom is 0.435 e. The normalized spacial score (nSPS) is 12.2. The lowest BCUT2D eigenvalue weighted by molar-refractivity contribution is 0.182. The zero-order valence-electron chi connectivity index (χ0n) is 14.6. The number of aliphatic imine (C=N–C) groups is 1. The van der Waals surface area contributed by atoms with Crippen molar-refractivity contribution in [3.8, 4) is 0 Å². The van der Waals surface area contributed by atoms with Gasteiger partial charge in [0.05, 0.1) is 18.7 Å². The molecule has 0 aliphatic rings. The Morgan fingerprint density at radius 3 is 2.63 bits per heavy atom. The number of nitrogen functional groups attached to an aromatic ring is 1. The summed E-state index contributed by atoms with van der Waals surface area (Å²) in [5.74, 6) is 0.0489. The van der Waals surface area contributed by atoms with Crippen LogP contribution in [0.25, 0.3) is 0 Å². The lowest BCUT2D eigenvalue weighted by atomic mass is 10.1. The average molecular weight is 392 g/mol. The van der Waals surface area contributed by atoms with Gasteiger partial charge in [-0.2, -0.15) is 4.99 Å². The van der Waals surface area contributed by atoms with Gasteiger partial charge in [0.15, 0.2) is 0 Å². The molecule has 2 rings (SSSR count). The van der Waals surface area contributed by atoms with Gasteiger partial charge in [-0.15, -0.1) is 0 Å². The molecule has 0 aromatic carbocycles. The first-order valence-corrected chi connectivity index (χ1v) is 8.05. The Kier molecular flexibility index (Phi) is 6.50. The van der Waals surface area contributed by atoms with Crippen LogP contribution in [0.1, 0.15) is 24.1 Å². The van der Waals surface area contributed by atoms with Crippen molar-refractivity contribution in [1.82, 2.24) is 15.3 Å². The van der Waals surface area contributed by atoms with Gasteiger partial charge in [-0.1, -0.05) is 17.7 Å². The van der Waals surface area contributed by atoms with E-state index in [1.54, 1.807) is 25.3 Å². The number of amidine groups is 1. The molecule has 3 amide bonds. The fourth-order valence-electron chi connectivity index (χ4n) is 2.03. The molecule has 0 aliphatic carbocycles. The Morgan fingerprint density at radius 2 is 2.04 bits per heavy atom. The molecule has 6 N–H and O–H groups in total. The summed E-state index contributed by atoms with van der Waals surface area (Å²) in [5.41, 5.74) is 12.8. The lowest BCUT2D eigenvalue weighted by Crippen LogP contribution is -2.31. The molecule has 0 saturated heterocycles. The van der Waals surface area contributed by atoms with Crippen molar-refractivity contribution in [2.24, 2.45) is 10.7 Å². The van der Waals surface area contributed by atoms with Crippen molar-refractivity contribution in [3.05, 3.63) is 46.9 Å². The van der Waals surface area contributed by atoms with Crippen LogP contribution in [0.5, 0.6) is 0 Å². The van der Waals surface area contributed by atoms with Crippen molar-refractivity contribution in [2.45, 2.75) is 13.0 Å².